The molecule has 4 rings (SSSR count). The van der Waals surface area contributed by atoms with Gasteiger partial charge in [0.2, 0.25) is 0 Å². The summed E-state index contributed by atoms with van der Waals surface area (Å²) in [6.07, 6.45) is 4.45. The van der Waals surface area contributed by atoms with Crippen LogP contribution >= 0.6 is 11.8 Å². The summed E-state index contributed by atoms with van der Waals surface area (Å²) in [6.45, 7) is 2.14. The Hall–Kier alpha value is -2.47. The van der Waals surface area contributed by atoms with Gasteiger partial charge in [0, 0.05) is 30.3 Å². The second-order valence-corrected chi connectivity index (χ2v) is 8.36. The highest BCUT2D eigenvalue weighted by Gasteiger charge is 2.25. The van der Waals surface area contributed by atoms with Crippen LogP contribution in [0.3, 0.4) is 0 Å². The Morgan fingerprint density at radius 3 is 2.81 bits per heavy atom. The van der Waals surface area contributed by atoms with Crippen LogP contribution in [-0.4, -0.2) is 25.5 Å². The summed E-state index contributed by atoms with van der Waals surface area (Å²) < 4.78 is 1.91. The lowest BCUT2D eigenvalue weighted by molar-refractivity contribution is 0.0988. The second-order valence-electron chi connectivity index (χ2n) is 7.05. The Morgan fingerprint density at radius 1 is 1.26 bits per heavy atom. The number of carbonyl (C=O) groups is 1. The van der Waals surface area contributed by atoms with Gasteiger partial charge in [-0.05, 0) is 43.0 Å². The molecule has 2 heterocycles. The van der Waals surface area contributed by atoms with Gasteiger partial charge in [0.25, 0.3) is 0 Å². The van der Waals surface area contributed by atoms with Gasteiger partial charge in [-0.2, -0.15) is 0 Å². The molecule has 27 heavy (non-hydrogen) atoms. The molecule has 3 aromatic rings. The van der Waals surface area contributed by atoms with Gasteiger partial charge in [-0.1, -0.05) is 42.1 Å². The highest BCUT2D eigenvalue weighted by Crippen LogP contribution is 2.39. The summed E-state index contributed by atoms with van der Waals surface area (Å²) in [5, 5.41) is 9.16. The molecule has 1 fully saturated rings. The average molecular weight is 379 g/mol. The number of thioether (sulfide) groups is 1. The summed E-state index contributed by atoms with van der Waals surface area (Å²) in [5.41, 5.74) is 3.82. The Labute approximate surface area is 163 Å². The minimum Gasteiger partial charge on any atom is -0.312 e. The first-order valence-electron chi connectivity index (χ1n) is 9.20. The molecule has 0 bridgehead atoms. The third-order valence-corrected chi connectivity index (χ3v) is 6.00. The van der Waals surface area contributed by atoms with Gasteiger partial charge in [0.15, 0.2) is 10.9 Å². The smallest absolute Gasteiger partial charge is 0.191 e. The minimum atomic E-state index is 0.0725. The van der Waals surface area contributed by atoms with E-state index in [9.17, 15) is 4.79 Å². The van der Waals surface area contributed by atoms with Gasteiger partial charge in [0.05, 0.1) is 0 Å². The van der Waals surface area contributed by atoms with Crippen LogP contribution in [0, 0.1) is 0 Å². The molecule has 1 atom stereocenters. The first-order chi connectivity index (χ1) is 13.1. The Bertz CT molecular complexity index is 964. The van der Waals surface area contributed by atoms with Crippen molar-refractivity contribution in [1.29, 1.82) is 0 Å². The monoisotopic (exact) mass is 378 g/mol. The van der Waals surface area contributed by atoms with Crippen LogP contribution in [0.5, 0.6) is 0 Å². The molecule has 0 N–H and O–H groups in total. The standard InChI is InChI=1S/C21H22N4OS/c1-14(27-21-24-22-13-25(21)2)17-6-3-5-15(11-17)12-20(26)19-8-4-7-18(23-19)16-9-10-16/h3-8,11,13-14,16H,9-10,12H2,1-2H3/t14-/m0/s1. The van der Waals surface area contributed by atoms with E-state index in [1.807, 2.05) is 41.9 Å². The van der Waals surface area contributed by atoms with Crippen LogP contribution in [0.4, 0.5) is 0 Å². The molecule has 0 aliphatic heterocycles. The van der Waals surface area contributed by atoms with Crippen LogP contribution in [0.25, 0.3) is 0 Å². The Balaban J connectivity index is 1.46. The number of aromatic nitrogens is 4. The number of hydrogen-bond acceptors (Lipinski definition) is 5. The maximum Gasteiger partial charge on any atom is 0.191 e. The van der Waals surface area contributed by atoms with Crippen LogP contribution in [-0.2, 0) is 13.5 Å². The molecule has 138 valence electrons. The predicted molar refractivity (Wildman–Crippen MR) is 106 cm³/mol. The summed E-state index contributed by atoms with van der Waals surface area (Å²) in [7, 11) is 1.94. The highest BCUT2D eigenvalue weighted by molar-refractivity contribution is 7.99. The number of Topliss-reactive ketones (excluding diaryl/α,β-unsaturated/α-hetero) is 1. The lowest BCUT2D eigenvalue weighted by Gasteiger charge is -2.12. The largest absolute Gasteiger partial charge is 0.312 e. The fourth-order valence-corrected chi connectivity index (χ4v) is 3.96. The van der Waals surface area contributed by atoms with Crippen LogP contribution in [0.1, 0.15) is 58.2 Å². The molecule has 0 spiro atoms. The van der Waals surface area contributed by atoms with E-state index >= 15 is 0 Å². The second kappa shape index (κ2) is 7.64. The first kappa shape index (κ1) is 17.9. The van der Waals surface area contributed by atoms with Crippen molar-refractivity contribution in [3.63, 3.8) is 0 Å². The van der Waals surface area contributed by atoms with Crippen molar-refractivity contribution >= 4 is 17.5 Å². The van der Waals surface area contributed by atoms with Gasteiger partial charge >= 0.3 is 0 Å². The Morgan fingerprint density at radius 2 is 2.07 bits per heavy atom. The van der Waals surface area contributed by atoms with E-state index in [1.54, 1.807) is 18.1 Å². The SMILES string of the molecule is C[C@H](Sc1nncn1C)c1cccc(CC(=O)c2cccc(C3CC3)n2)c1. The van der Waals surface area contributed by atoms with E-state index < -0.39 is 0 Å². The van der Waals surface area contributed by atoms with Gasteiger partial charge in [-0.15, -0.1) is 10.2 Å². The Kier molecular flexibility index (Phi) is 5.07. The lowest BCUT2D eigenvalue weighted by Crippen LogP contribution is -2.07. The molecule has 1 aromatic carbocycles. The van der Waals surface area contributed by atoms with Crippen LogP contribution in [0.2, 0.25) is 0 Å². The van der Waals surface area contributed by atoms with Crippen molar-refractivity contribution < 1.29 is 4.79 Å². The summed E-state index contributed by atoms with van der Waals surface area (Å²) >= 11 is 1.66. The molecule has 1 saturated carbocycles. The molecule has 1 aliphatic rings. The molecular weight excluding hydrogens is 356 g/mol. The van der Waals surface area contributed by atoms with E-state index in [0.29, 0.717) is 18.0 Å². The fourth-order valence-electron chi connectivity index (χ4n) is 3.05. The van der Waals surface area contributed by atoms with Crippen molar-refractivity contribution in [2.45, 2.75) is 42.5 Å². The van der Waals surface area contributed by atoms with E-state index in [4.69, 9.17) is 0 Å². The molecule has 0 radical (unpaired) electrons. The number of aryl methyl sites for hydroxylation is 1. The highest BCUT2D eigenvalue weighted by atomic mass is 32.2. The summed E-state index contributed by atoms with van der Waals surface area (Å²) in [6, 6.07) is 14.0. The molecule has 0 unspecified atom stereocenters. The average Bonchev–Trinajstić information content (AvgIpc) is 3.46. The number of carbonyl (C=O) groups excluding carboxylic acids is 1. The van der Waals surface area contributed by atoms with Crippen molar-refractivity contribution in [3.8, 4) is 0 Å². The number of pyridine rings is 1. The fraction of sp³-hybridized carbons (Fsp3) is 0.333. The van der Waals surface area contributed by atoms with Gasteiger partial charge < -0.3 is 4.57 Å². The maximum absolute atomic E-state index is 12.7. The topological polar surface area (TPSA) is 60.7 Å². The molecule has 2 aromatic heterocycles. The number of benzene rings is 1. The number of hydrogen-bond donors (Lipinski definition) is 0. The summed E-state index contributed by atoms with van der Waals surface area (Å²) in [5.74, 6) is 0.628. The minimum absolute atomic E-state index is 0.0725. The zero-order valence-corrected chi connectivity index (χ0v) is 16.3. The van der Waals surface area contributed by atoms with Crippen molar-refractivity contribution in [3.05, 3.63) is 71.3 Å². The lowest BCUT2D eigenvalue weighted by atomic mass is 10.0. The molecule has 1 aliphatic carbocycles. The zero-order valence-electron chi connectivity index (χ0n) is 15.5. The van der Waals surface area contributed by atoms with E-state index in [-0.39, 0.29) is 11.0 Å². The third-order valence-electron chi connectivity index (χ3n) is 4.79. The van der Waals surface area contributed by atoms with Gasteiger partial charge in [0.1, 0.15) is 12.0 Å². The van der Waals surface area contributed by atoms with Gasteiger partial charge in [-0.25, -0.2) is 4.98 Å². The van der Waals surface area contributed by atoms with Crippen LogP contribution in [0.15, 0.2) is 53.9 Å². The quantitative estimate of drug-likeness (QED) is 0.451. The third kappa shape index (κ3) is 4.27. The number of nitrogens with zero attached hydrogens (tertiary/aromatic N) is 4. The molecule has 5 nitrogen and oxygen atoms in total. The number of rotatable bonds is 7. The van der Waals surface area contributed by atoms with Crippen molar-refractivity contribution in [2.24, 2.45) is 7.05 Å². The van der Waals surface area contributed by atoms with Crippen molar-refractivity contribution in [2.75, 3.05) is 0 Å². The van der Waals surface area contributed by atoms with Gasteiger partial charge in [-0.3, -0.25) is 4.79 Å². The molecule has 0 amide bonds. The molecule has 0 saturated heterocycles. The number of ketones is 1. The molecular formula is C21H22N4OS. The zero-order chi connectivity index (χ0) is 18.8. The van der Waals surface area contributed by atoms with Crippen LogP contribution < -0.4 is 0 Å². The van der Waals surface area contributed by atoms with E-state index in [2.05, 4.69) is 34.2 Å². The van der Waals surface area contributed by atoms with E-state index in [0.717, 1.165) is 16.4 Å². The summed E-state index contributed by atoms with van der Waals surface area (Å²) in [4.78, 5) is 17.3. The molecule has 6 heteroatoms. The van der Waals surface area contributed by atoms with Crippen molar-refractivity contribution in [1.82, 2.24) is 19.7 Å². The van der Waals surface area contributed by atoms with E-state index in [1.165, 1.54) is 18.4 Å². The predicted octanol–water partition coefficient (Wildman–Crippen LogP) is 4.37. The maximum atomic E-state index is 12.7. The normalized spacial score (nSPS) is 14.9. The first-order valence-corrected chi connectivity index (χ1v) is 10.1.